The minimum atomic E-state index is -3.48. The van der Waals surface area contributed by atoms with Crippen molar-refractivity contribution >= 4 is 10.0 Å². The molecule has 0 radical (unpaired) electrons. The molecular weight excluding hydrogens is 276 g/mol. The number of hydrogen-bond acceptors (Lipinski definition) is 4. The molecule has 1 atom stereocenters. The van der Waals surface area contributed by atoms with Crippen LogP contribution in [0.25, 0.3) is 0 Å². The van der Waals surface area contributed by atoms with Gasteiger partial charge >= 0.3 is 0 Å². The van der Waals surface area contributed by atoms with Gasteiger partial charge in [-0.2, -0.15) is 4.31 Å². The van der Waals surface area contributed by atoms with Crippen molar-refractivity contribution in [2.75, 3.05) is 20.2 Å². The summed E-state index contributed by atoms with van der Waals surface area (Å²) in [5.74, 6) is 1.21. The van der Waals surface area contributed by atoms with Crippen LogP contribution >= 0.6 is 0 Å². The third-order valence-corrected chi connectivity index (χ3v) is 6.09. The fourth-order valence-corrected chi connectivity index (χ4v) is 4.27. The molecule has 1 saturated carbocycles. The van der Waals surface area contributed by atoms with E-state index in [1.807, 2.05) is 0 Å². The Balaban J connectivity index is 1.90. The predicted octanol–water partition coefficient (Wildman–Crippen LogP) is 0.979. The van der Waals surface area contributed by atoms with Gasteiger partial charge < -0.3 is 10.5 Å². The zero-order valence-electron chi connectivity index (χ0n) is 11.6. The van der Waals surface area contributed by atoms with Crippen LogP contribution < -0.4 is 10.5 Å². The molecule has 0 bridgehead atoms. The van der Waals surface area contributed by atoms with Crippen molar-refractivity contribution in [1.82, 2.24) is 4.31 Å². The van der Waals surface area contributed by atoms with Gasteiger partial charge in [0, 0.05) is 26.1 Å². The number of sulfonamides is 1. The molecule has 0 amide bonds. The first-order valence-electron chi connectivity index (χ1n) is 6.98. The highest BCUT2D eigenvalue weighted by Crippen LogP contribution is 2.37. The molecule has 1 aromatic carbocycles. The molecule has 5 nitrogen and oxygen atoms in total. The molecule has 2 aliphatic rings. The molecule has 1 aliphatic heterocycles. The van der Waals surface area contributed by atoms with Crippen molar-refractivity contribution in [3.05, 3.63) is 23.8 Å². The van der Waals surface area contributed by atoms with E-state index in [0.29, 0.717) is 24.0 Å². The standard InChI is InChI=1S/C14H20N2O3S/c1-16(13(9-15)10-2-3-10)20(17,18)12-4-5-14-11(8-12)6-7-19-14/h4-5,8,10,13H,2-3,6-7,9,15H2,1H3. The molecule has 1 unspecified atom stereocenters. The van der Waals surface area contributed by atoms with Crippen molar-refractivity contribution in [2.24, 2.45) is 11.7 Å². The summed E-state index contributed by atoms with van der Waals surface area (Å²) in [7, 11) is -1.85. The minimum absolute atomic E-state index is 0.0931. The molecule has 1 fully saturated rings. The first kappa shape index (κ1) is 13.9. The van der Waals surface area contributed by atoms with E-state index in [1.54, 1.807) is 25.2 Å². The van der Waals surface area contributed by atoms with Gasteiger partial charge in [0.2, 0.25) is 10.0 Å². The number of likely N-dealkylation sites (N-methyl/N-ethyl adjacent to an activating group) is 1. The Morgan fingerprint density at radius 2 is 2.20 bits per heavy atom. The van der Waals surface area contributed by atoms with E-state index >= 15 is 0 Å². The largest absolute Gasteiger partial charge is 0.493 e. The second kappa shape index (κ2) is 5.02. The Bertz CT molecular complexity index is 611. The van der Waals surface area contributed by atoms with E-state index < -0.39 is 10.0 Å². The Morgan fingerprint density at radius 3 is 2.85 bits per heavy atom. The number of benzene rings is 1. The van der Waals surface area contributed by atoms with Gasteiger partial charge in [0.05, 0.1) is 11.5 Å². The third kappa shape index (κ3) is 2.32. The minimum Gasteiger partial charge on any atom is -0.493 e. The van der Waals surface area contributed by atoms with Crippen LogP contribution in [-0.4, -0.2) is 39.0 Å². The Hall–Kier alpha value is -1.11. The molecule has 2 N–H and O–H groups in total. The van der Waals surface area contributed by atoms with Gasteiger partial charge in [0.25, 0.3) is 0 Å². The Morgan fingerprint density at radius 1 is 1.45 bits per heavy atom. The number of rotatable bonds is 5. The van der Waals surface area contributed by atoms with Gasteiger partial charge in [-0.1, -0.05) is 0 Å². The fourth-order valence-electron chi connectivity index (χ4n) is 2.79. The van der Waals surface area contributed by atoms with Crippen LogP contribution in [0.3, 0.4) is 0 Å². The van der Waals surface area contributed by atoms with Gasteiger partial charge in [0.1, 0.15) is 5.75 Å². The number of nitrogens with two attached hydrogens (primary N) is 1. The molecule has 3 rings (SSSR count). The van der Waals surface area contributed by atoms with Crippen LogP contribution in [-0.2, 0) is 16.4 Å². The van der Waals surface area contributed by atoms with Crippen LogP contribution in [0.15, 0.2) is 23.1 Å². The maximum Gasteiger partial charge on any atom is 0.243 e. The summed E-state index contributed by atoms with van der Waals surface area (Å²) in [4.78, 5) is 0.336. The molecule has 20 heavy (non-hydrogen) atoms. The maximum atomic E-state index is 12.7. The van der Waals surface area contributed by atoms with Gasteiger partial charge in [-0.15, -0.1) is 0 Å². The van der Waals surface area contributed by atoms with Crippen molar-refractivity contribution in [3.63, 3.8) is 0 Å². The van der Waals surface area contributed by atoms with E-state index in [1.165, 1.54) is 4.31 Å². The summed E-state index contributed by atoms with van der Waals surface area (Å²) in [6.45, 7) is 0.997. The van der Waals surface area contributed by atoms with Crippen LogP contribution in [0, 0.1) is 5.92 Å². The zero-order valence-corrected chi connectivity index (χ0v) is 12.4. The van der Waals surface area contributed by atoms with E-state index in [2.05, 4.69) is 0 Å². The lowest BCUT2D eigenvalue weighted by Gasteiger charge is -2.26. The summed E-state index contributed by atoms with van der Waals surface area (Å²) in [6.07, 6.45) is 2.91. The van der Waals surface area contributed by atoms with Crippen LogP contribution in [0.4, 0.5) is 0 Å². The van der Waals surface area contributed by atoms with Crippen molar-refractivity contribution in [2.45, 2.75) is 30.2 Å². The summed E-state index contributed by atoms with van der Waals surface area (Å²) >= 11 is 0. The molecule has 0 aromatic heterocycles. The van der Waals surface area contributed by atoms with Gasteiger partial charge in [0.15, 0.2) is 0 Å². The van der Waals surface area contributed by atoms with Crippen molar-refractivity contribution < 1.29 is 13.2 Å². The average Bonchev–Trinajstić information content (AvgIpc) is 3.15. The molecule has 1 aliphatic carbocycles. The second-order valence-corrected chi connectivity index (χ2v) is 7.53. The number of nitrogens with zero attached hydrogens (tertiary/aromatic N) is 1. The topological polar surface area (TPSA) is 72.6 Å². The van der Waals surface area contributed by atoms with Crippen LogP contribution in [0.2, 0.25) is 0 Å². The average molecular weight is 296 g/mol. The number of fused-ring (bicyclic) bond motifs is 1. The zero-order chi connectivity index (χ0) is 14.3. The third-order valence-electron chi connectivity index (χ3n) is 4.21. The Labute approximate surface area is 119 Å². The normalized spacial score (nSPS) is 19.8. The van der Waals surface area contributed by atoms with Crippen molar-refractivity contribution in [1.29, 1.82) is 0 Å². The molecule has 0 spiro atoms. The summed E-state index contributed by atoms with van der Waals surface area (Å²) in [6, 6.07) is 5.01. The lowest BCUT2D eigenvalue weighted by Crippen LogP contribution is -2.43. The quantitative estimate of drug-likeness (QED) is 0.879. The molecule has 6 heteroatoms. The van der Waals surface area contributed by atoms with Crippen LogP contribution in [0.5, 0.6) is 5.75 Å². The van der Waals surface area contributed by atoms with E-state index in [9.17, 15) is 8.42 Å². The smallest absolute Gasteiger partial charge is 0.243 e. The highest BCUT2D eigenvalue weighted by atomic mass is 32.2. The first-order chi connectivity index (χ1) is 9.54. The van der Waals surface area contributed by atoms with E-state index in [-0.39, 0.29) is 6.04 Å². The molecule has 0 saturated heterocycles. The molecular formula is C14H20N2O3S. The summed E-state index contributed by atoms with van der Waals surface area (Å²) in [5, 5.41) is 0. The predicted molar refractivity (Wildman–Crippen MR) is 76.2 cm³/mol. The lowest BCUT2D eigenvalue weighted by atomic mass is 10.2. The molecule has 1 aromatic rings. The highest BCUT2D eigenvalue weighted by molar-refractivity contribution is 7.89. The fraction of sp³-hybridized carbons (Fsp3) is 0.571. The van der Waals surface area contributed by atoms with Gasteiger partial charge in [-0.3, -0.25) is 0 Å². The summed E-state index contributed by atoms with van der Waals surface area (Å²) in [5.41, 5.74) is 6.72. The second-order valence-electron chi connectivity index (χ2n) is 5.53. The monoisotopic (exact) mass is 296 g/mol. The number of hydrogen-bond donors (Lipinski definition) is 1. The van der Waals surface area contributed by atoms with E-state index in [4.69, 9.17) is 10.5 Å². The van der Waals surface area contributed by atoms with Crippen molar-refractivity contribution in [3.8, 4) is 5.75 Å². The Kier molecular flexibility index (Phi) is 3.48. The summed E-state index contributed by atoms with van der Waals surface area (Å²) < 4.78 is 32.2. The lowest BCUT2D eigenvalue weighted by molar-refractivity contribution is 0.340. The number of ether oxygens (including phenoxy) is 1. The van der Waals surface area contributed by atoms with Crippen LogP contribution in [0.1, 0.15) is 18.4 Å². The maximum absolute atomic E-state index is 12.7. The van der Waals surface area contributed by atoms with E-state index in [0.717, 1.165) is 30.6 Å². The highest BCUT2D eigenvalue weighted by Gasteiger charge is 2.38. The van der Waals surface area contributed by atoms with Gasteiger partial charge in [-0.25, -0.2) is 8.42 Å². The van der Waals surface area contributed by atoms with Gasteiger partial charge in [-0.05, 0) is 42.5 Å². The molecule has 1 heterocycles. The molecule has 110 valence electrons. The SMILES string of the molecule is CN(C(CN)C1CC1)S(=O)(=O)c1ccc2c(c1)CCO2. The first-order valence-corrected chi connectivity index (χ1v) is 8.42.